The average molecular weight is 203 g/mol. The third-order valence-corrected chi connectivity index (χ3v) is 3.38. The van der Waals surface area contributed by atoms with E-state index in [4.69, 9.17) is 0 Å². The Morgan fingerprint density at radius 1 is 1.27 bits per heavy atom. The maximum Gasteiger partial charge on any atom is 0.0340 e. The van der Waals surface area contributed by atoms with Gasteiger partial charge in [-0.05, 0) is 48.8 Å². The highest BCUT2D eigenvalue weighted by atomic mass is 14.9. The van der Waals surface area contributed by atoms with E-state index in [0.717, 1.165) is 12.5 Å². The fraction of sp³-hybridized carbons (Fsp3) is 0.571. The Balaban J connectivity index is 1.90. The normalized spacial score (nSPS) is 17.5. The summed E-state index contributed by atoms with van der Waals surface area (Å²) in [5, 5.41) is 3.49. The van der Waals surface area contributed by atoms with E-state index in [2.05, 4.69) is 43.4 Å². The van der Waals surface area contributed by atoms with E-state index in [1.807, 2.05) is 0 Å². The molecule has 1 N–H and O–H groups in total. The van der Waals surface area contributed by atoms with Gasteiger partial charge in [0.05, 0.1) is 0 Å². The van der Waals surface area contributed by atoms with Gasteiger partial charge < -0.3 is 5.32 Å². The minimum Gasteiger partial charge on any atom is -0.385 e. The smallest absolute Gasteiger partial charge is 0.0340 e. The molecule has 1 aliphatic carbocycles. The van der Waals surface area contributed by atoms with Gasteiger partial charge in [-0.3, -0.25) is 0 Å². The van der Waals surface area contributed by atoms with Crippen molar-refractivity contribution in [2.75, 3.05) is 11.9 Å². The zero-order valence-electron chi connectivity index (χ0n) is 9.79. The Bertz CT molecular complexity index is 298. The summed E-state index contributed by atoms with van der Waals surface area (Å²) >= 11 is 0. The van der Waals surface area contributed by atoms with Crippen molar-refractivity contribution >= 4 is 5.69 Å². The quantitative estimate of drug-likeness (QED) is 0.762. The number of anilines is 1. The van der Waals surface area contributed by atoms with Gasteiger partial charge in [-0.15, -0.1) is 0 Å². The van der Waals surface area contributed by atoms with Crippen LogP contribution in [0.25, 0.3) is 0 Å². The molecule has 0 aromatic heterocycles. The Morgan fingerprint density at radius 3 is 2.47 bits per heavy atom. The molecule has 1 aromatic rings. The van der Waals surface area contributed by atoms with Crippen LogP contribution in [0.5, 0.6) is 0 Å². The molecule has 82 valence electrons. The summed E-state index contributed by atoms with van der Waals surface area (Å²) in [7, 11) is 0. The van der Waals surface area contributed by atoms with Gasteiger partial charge in [-0.25, -0.2) is 0 Å². The van der Waals surface area contributed by atoms with E-state index in [-0.39, 0.29) is 0 Å². The molecule has 1 fully saturated rings. The van der Waals surface area contributed by atoms with Crippen molar-refractivity contribution in [1.29, 1.82) is 0 Å². The van der Waals surface area contributed by atoms with Gasteiger partial charge in [0.2, 0.25) is 0 Å². The Labute approximate surface area is 92.9 Å². The number of hydrogen-bond acceptors (Lipinski definition) is 1. The molecule has 0 heterocycles. The van der Waals surface area contributed by atoms with Crippen molar-refractivity contribution in [3.63, 3.8) is 0 Å². The lowest BCUT2D eigenvalue weighted by Crippen LogP contribution is -2.03. The van der Waals surface area contributed by atoms with Crippen LogP contribution in [-0.4, -0.2) is 6.54 Å². The van der Waals surface area contributed by atoms with E-state index in [0.29, 0.717) is 5.92 Å². The van der Waals surface area contributed by atoms with Crippen LogP contribution in [0, 0.1) is 5.92 Å². The summed E-state index contributed by atoms with van der Waals surface area (Å²) < 4.78 is 0. The van der Waals surface area contributed by atoms with Gasteiger partial charge >= 0.3 is 0 Å². The lowest BCUT2D eigenvalue weighted by Gasteiger charge is -2.10. The van der Waals surface area contributed by atoms with Gasteiger partial charge in [0, 0.05) is 12.2 Å². The molecule has 1 nitrogen and oxygen atoms in total. The van der Waals surface area contributed by atoms with Gasteiger partial charge in [-0.1, -0.05) is 26.0 Å². The first kappa shape index (κ1) is 10.5. The second-order valence-electron chi connectivity index (χ2n) is 4.76. The van der Waals surface area contributed by atoms with Gasteiger partial charge in [0.25, 0.3) is 0 Å². The third-order valence-electron chi connectivity index (χ3n) is 3.38. The van der Waals surface area contributed by atoms with Crippen LogP contribution >= 0.6 is 0 Å². The highest BCUT2D eigenvalue weighted by Crippen LogP contribution is 2.29. The van der Waals surface area contributed by atoms with Crippen LogP contribution in [-0.2, 0) is 0 Å². The van der Waals surface area contributed by atoms with Gasteiger partial charge in [0.1, 0.15) is 0 Å². The average Bonchev–Trinajstić information content (AvgIpc) is 3.10. The van der Waals surface area contributed by atoms with E-state index >= 15 is 0 Å². The minimum absolute atomic E-state index is 0.683. The van der Waals surface area contributed by atoms with Crippen LogP contribution in [0.2, 0.25) is 0 Å². The molecule has 0 radical (unpaired) electrons. The van der Waals surface area contributed by atoms with Gasteiger partial charge in [-0.2, -0.15) is 0 Å². The highest BCUT2D eigenvalue weighted by molar-refractivity contribution is 5.45. The molecular weight excluding hydrogens is 182 g/mol. The first-order chi connectivity index (χ1) is 7.29. The first-order valence-electron chi connectivity index (χ1n) is 6.13. The van der Waals surface area contributed by atoms with Crippen molar-refractivity contribution in [1.82, 2.24) is 0 Å². The fourth-order valence-corrected chi connectivity index (χ4v) is 1.75. The van der Waals surface area contributed by atoms with Crippen LogP contribution in [0.15, 0.2) is 24.3 Å². The summed E-state index contributed by atoms with van der Waals surface area (Å²) in [5.74, 6) is 1.63. The minimum atomic E-state index is 0.683. The molecule has 0 spiro atoms. The molecule has 1 aliphatic rings. The second-order valence-corrected chi connectivity index (χ2v) is 4.76. The standard InChI is InChI=1S/C14H21N/c1-3-11(2)13-6-8-14(9-7-13)15-10-12-4-5-12/h6-9,11-12,15H,3-5,10H2,1-2H3. The van der Waals surface area contributed by atoms with Crippen molar-refractivity contribution < 1.29 is 0 Å². The Hall–Kier alpha value is -0.980. The molecule has 15 heavy (non-hydrogen) atoms. The van der Waals surface area contributed by atoms with E-state index in [1.54, 1.807) is 0 Å². The molecule has 1 atom stereocenters. The molecule has 0 saturated heterocycles. The van der Waals surface area contributed by atoms with Crippen molar-refractivity contribution in [3.05, 3.63) is 29.8 Å². The number of nitrogens with one attached hydrogen (secondary N) is 1. The van der Waals surface area contributed by atoms with Crippen molar-refractivity contribution in [2.24, 2.45) is 5.92 Å². The summed E-state index contributed by atoms with van der Waals surface area (Å²) in [4.78, 5) is 0. The maximum atomic E-state index is 3.49. The summed E-state index contributed by atoms with van der Waals surface area (Å²) in [5.41, 5.74) is 2.73. The second kappa shape index (κ2) is 4.69. The van der Waals surface area contributed by atoms with Crippen LogP contribution in [0.1, 0.15) is 44.6 Å². The van der Waals surface area contributed by atoms with Crippen LogP contribution < -0.4 is 5.32 Å². The molecular formula is C14H21N. The van der Waals surface area contributed by atoms with Crippen LogP contribution in [0.4, 0.5) is 5.69 Å². The molecule has 0 amide bonds. The van der Waals surface area contributed by atoms with Crippen molar-refractivity contribution in [3.8, 4) is 0 Å². The van der Waals surface area contributed by atoms with E-state index in [1.165, 1.54) is 30.5 Å². The molecule has 0 bridgehead atoms. The highest BCUT2D eigenvalue weighted by Gasteiger charge is 2.20. The summed E-state index contributed by atoms with van der Waals surface area (Å²) in [6, 6.07) is 8.93. The SMILES string of the molecule is CCC(C)c1ccc(NCC2CC2)cc1. The van der Waals surface area contributed by atoms with Gasteiger partial charge in [0.15, 0.2) is 0 Å². The van der Waals surface area contributed by atoms with E-state index in [9.17, 15) is 0 Å². The van der Waals surface area contributed by atoms with E-state index < -0.39 is 0 Å². The topological polar surface area (TPSA) is 12.0 Å². The third kappa shape index (κ3) is 2.98. The molecule has 2 rings (SSSR count). The number of benzene rings is 1. The maximum absolute atomic E-state index is 3.49. The molecule has 1 saturated carbocycles. The zero-order chi connectivity index (χ0) is 10.7. The van der Waals surface area contributed by atoms with Crippen LogP contribution in [0.3, 0.4) is 0 Å². The summed E-state index contributed by atoms with van der Waals surface area (Å²) in [6.45, 7) is 5.68. The molecule has 1 unspecified atom stereocenters. The predicted molar refractivity (Wildman–Crippen MR) is 66.4 cm³/mol. The zero-order valence-corrected chi connectivity index (χ0v) is 9.79. The lowest BCUT2D eigenvalue weighted by molar-refractivity contribution is 0.733. The molecule has 1 heteroatoms. The Kier molecular flexibility index (Phi) is 3.30. The summed E-state index contributed by atoms with van der Waals surface area (Å²) in [6.07, 6.45) is 4.05. The predicted octanol–water partition coefficient (Wildman–Crippen LogP) is 4.02. The largest absolute Gasteiger partial charge is 0.385 e. The monoisotopic (exact) mass is 203 g/mol. The fourth-order valence-electron chi connectivity index (χ4n) is 1.75. The van der Waals surface area contributed by atoms with Crippen molar-refractivity contribution in [2.45, 2.75) is 39.0 Å². The molecule has 0 aliphatic heterocycles. The Morgan fingerprint density at radius 2 is 1.93 bits per heavy atom. The number of hydrogen-bond donors (Lipinski definition) is 1. The number of rotatable bonds is 5. The lowest BCUT2D eigenvalue weighted by atomic mass is 9.99. The molecule has 1 aromatic carbocycles. The first-order valence-corrected chi connectivity index (χ1v) is 6.13.